The van der Waals surface area contributed by atoms with Crippen molar-refractivity contribution in [3.8, 4) is 0 Å². The number of carbonyl (C=O) groups excluding carboxylic acids is 1. The van der Waals surface area contributed by atoms with Gasteiger partial charge in [-0.1, -0.05) is 30.7 Å². The van der Waals surface area contributed by atoms with Crippen LogP contribution in [0.1, 0.15) is 18.1 Å². The highest BCUT2D eigenvalue weighted by Crippen LogP contribution is 2.30. The molecule has 1 aliphatic rings. The first-order valence-corrected chi connectivity index (χ1v) is 8.72. The van der Waals surface area contributed by atoms with E-state index in [0.29, 0.717) is 40.6 Å². The van der Waals surface area contributed by atoms with Crippen molar-refractivity contribution in [1.82, 2.24) is 5.06 Å². The fourth-order valence-electron chi connectivity index (χ4n) is 2.89. The predicted octanol–water partition coefficient (Wildman–Crippen LogP) is 3.37. The number of fused-ring (bicyclic) bond motifs is 1. The SMILES string of the molecule is CCN(O)CCN1C(=O)CN=C(c2ccccc2F)c2cc(Cl)ccc21. The fourth-order valence-corrected chi connectivity index (χ4v) is 3.06. The molecule has 0 saturated heterocycles. The monoisotopic (exact) mass is 375 g/mol. The van der Waals surface area contributed by atoms with Gasteiger partial charge in [0, 0.05) is 35.8 Å². The Balaban J connectivity index is 2.08. The Labute approximate surface area is 156 Å². The first-order valence-electron chi connectivity index (χ1n) is 8.34. The zero-order valence-corrected chi connectivity index (χ0v) is 15.1. The average molecular weight is 376 g/mol. The van der Waals surface area contributed by atoms with Crippen LogP contribution in [0.4, 0.5) is 10.1 Å². The Morgan fingerprint density at radius 2 is 2.04 bits per heavy atom. The number of hydrogen-bond donors (Lipinski definition) is 1. The summed E-state index contributed by atoms with van der Waals surface area (Å²) >= 11 is 6.16. The summed E-state index contributed by atoms with van der Waals surface area (Å²) in [6, 6.07) is 11.4. The summed E-state index contributed by atoms with van der Waals surface area (Å²) in [5, 5.41) is 11.3. The molecule has 0 spiro atoms. The zero-order valence-electron chi connectivity index (χ0n) is 14.3. The maximum atomic E-state index is 14.3. The number of benzene rings is 2. The largest absolute Gasteiger partial charge is 0.314 e. The van der Waals surface area contributed by atoms with E-state index in [4.69, 9.17) is 11.6 Å². The van der Waals surface area contributed by atoms with Gasteiger partial charge in [-0.3, -0.25) is 9.79 Å². The van der Waals surface area contributed by atoms with Crippen molar-refractivity contribution >= 4 is 28.9 Å². The Kier molecular flexibility index (Phi) is 5.66. The van der Waals surface area contributed by atoms with Gasteiger partial charge in [-0.15, -0.1) is 0 Å². The summed E-state index contributed by atoms with van der Waals surface area (Å²) in [4.78, 5) is 18.5. The number of rotatable bonds is 5. The number of nitrogens with zero attached hydrogens (tertiary/aromatic N) is 3. The number of halogens is 2. The minimum absolute atomic E-state index is 0.104. The van der Waals surface area contributed by atoms with Gasteiger partial charge < -0.3 is 10.1 Å². The number of hydrogen-bond acceptors (Lipinski definition) is 4. The lowest BCUT2D eigenvalue weighted by molar-refractivity contribution is -0.118. The Bertz CT molecular complexity index is 856. The molecule has 0 bridgehead atoms. The Hall–Kier alpha value is -2.28. The number of likely N-dealkylation sites (N-methyl/N-ethyl adjacent to an activating group) is 1. The van der Waals surface area contributed by atoms with Gasteiger partial charge in [-0.25, -0.2) is 4.39 Å². The number of amides is 1. The summed E-state index contributed by atoms with van der Waals surface area (Å²) in [7, 11) is 0. The van der Waals surface area contributed by atoms with Crippen LogP contribution in [0.3, 0.4) is 0 Å². The van der Waals surface area contributed by atoms with E-state index < -0.39 is 5.82 Å². The standard InChI is InChI=1S/C19H19ClFN3O2/c1-2-23(26)9-10-24-17-8-7-13(20)11-15(17)19(22-12-18(24)25)14-5-3-4-6-16(14)21/h3-8,11,26H,2,9-10,12H2,1H3. The van der Waals surface area contributed by atoms with Gasteiger partial charge in [0.05, 0.1) is 11.4 Å². The van der Waals surface area contributed by atoms with E-state index in [2.05, 4.69) is 4.99 Å². The molecule has 3 rings (SSSR count). The molecule has 1 N–H and O–H groups in total. The summed E-state index contributed by atoms with van der Waals surface area (Å²) in [5.74, 6) is -0.630. The van der Waals surface area contributed by atoms with Crippen LogP contribution in [0.15, 0.2) is 47.5 Å². The number of aliphatic imine (C=N–C) groups is 1. The van der Waals surface area contributed by atoms with Gasteiger partial charge in [-0.2, -0.15) is 5.06 Å². The van der Waals surface area contributed by atoms with Gasteiger partial charge in [0.2, 0.25) is 5.91 Å². The van der Waals surface area contributed by atoms with Crippen LogP contribution in [0.25, 0.3) is 0 Å². The van der Waals surface area contributed by atoms with E-state index in [1.807, 2.05) is 6.92 Å². The van der Waals surface area contributed by atoms with Crippen molar-refractivity contribution in [2.75, 3.05) is 31.1 Å². The molecular weight excluding hydrogens is 357 g/mol. The molecule has 5 nitrogen and oxygen atoms in total. The minimum atomic E-state index is -0.411. The van der Waals surface area contributed by atoms with Crippen molar-refractivity contribution in [3.63, 3.8) is 0 Å². The third kappa shape index (κ3) is 3.77. The lowest BCUT2D eigenvalue weighted by Gasteiger charge is -2.25. The fraction of sp³-hybridized carbons (Fsp3) is 0.263. The van der Waals surface area contributed by atoms with Crippen LogP contribution in [0.5, 0.6) is 0 Å². The van der Waals surface area contributed by atoms with Crippen molar-refractivity contribution in [1.29, 1.82) is 0 Å². The van der Waals surface area contributed by atoms with Crippen LogP contribution in [-0.4, -0.2) is 48.1 Å². The maximum Gasteiger partial charge on any atom is 0.248 e. The second kappa shape index (κ2) is 7.95. The zero-order chi connectivity index (χ0) is 18.7. The normalized spacial score (nSPS) is 14.3. The smallest absolute Gasteiger partial charge is 0.248 e. The van der Waals surface area contributed by atoms with Crippen LogP contribution < -0.4 is 4.90 Å². The van der Waals surface area contributed by atoms with E-state index >= 15 is 0 Å². The quantitative estimate of drug-likeness (QED) is 0.815. The molecule has 0 aromatic heterocycles. The summed E-state index contributed by atoms with van der Waals surface area (Å²) in [5.41, 5.74) is 1.91. The van der Waals surface area contributed by atoms with Crippen LogP contribution >= 0.6 is 11.6 Å². The molecule has 26 heavy (non-hydrogen) atoms. The summed E-state index contributed by atoms with van der Waals surface area (Å²) in [6.07, 6.45) is 0. The van der Waals surface area contributed by atoms with Crippen molar-refractivity contribution in [2.24, 2.45) is 4.99 Å². The Morgan fingerprint density at radius 3 is 2.77 bits per heavy atom. The Morgan fingerprint density at radius 1 is 1.27 bits per heavy atom. The molecular formula is C19H19ClFN3O2. The summed E-state index contributed by atoms with van der Waals surface area (Å²) < 4.78 is 14.3. The first-order chi connectivity index (χ1) is 12.5. The molecule has 7 heteroatoms. The van der Waals surface area contributed by atoms with Crippen LogP contribution in [0.2, 0.25) is 5.02 Å². The highest BCUT2D eigenvalue weighted by molar-refractivity contribution is 6.32. The van der Waals surface area contributed by atoms with E-state index in [9.17, 15) is 14.4 Å². The molecule has 0 aliphatic carbocycles. The third-order valence-electron chi connectivity index (χ3n) is 4.25. The molecule has 1 aliphatic heterocycles. The lowest BCUT2D eigenvalue weighted by Crippen LogP contribution is -2.38. The van der Waals surface area contributed by atoms with Gasteiger partial charge in [0.15, 0.2) is 0 Å². The molecule has 0 unspecified atom stereocenters. The van der Waals surface area contributed by atoms with E-state index in [-0.39, 0.29) is 19.0 Å². The third-order valence-corrected chi connectivity index (χ3v) is 4.49. The van der Waals surface area contributed by atoms with Gasteiger partial charge in [0.25, 0.3) is 0 Å². The molecule has 1 heterocycles. The second-order valence-electron chi connectivity index (χ2n) is 5.90. The average Bonchev–Trinajstić information content (AvgIpc) is 2.76. The van der Waals surface area contributed by atoms with Gasteiger partial charge in [-0.05, 0) is 30.3 Å². The number of carbonyl (C=O) groups is 1. The molecule has 1 amide bonds. The topological polar surface area (TPSA) is 56.1 Å². The van der Waals surface area contributed by atoms with Crippen molar-refractivity contribution < 1.29 is 14.4 Å². The molecule has 2 aromatic carbocycles. The van der Waals surface area contributed by atoms with Gasteiger partial charge >= 0.3 is 0 Å². The molecule has 136 valence electrons. The number of hydroxylamine groups is 2. The predicted molar refractivity (Wildman–Crippen MR) is 99.7 cm³/mol. The van der Waals surface area contributed by atoms with E-state index in [1.54, 1.807) is 41.3 Å². The molecule has 2 aromatic rings. The summed E-state index contributed by atoms with van der Waals surface area (Å²) in [6.45, 7) is 2.74. The molecule has 0 saturated carbocycles. The van der Waals surface area contributed by atoms with Crippen LogP contribution in [0, 0.1) is 5.82 Å². The highest BCUT2D eigenvalue weighted by Gasteiger charge is 2.26. The molecule has 0 radical (unpaired) electrons. The number of benzodiazepines with no additional fused rings is 1. The van der Waals surface area contributed by atoms with Crippen molar-refractivity contribution in [3.05, 3.63) is 64.4 Å². The number of anilines is 1. The maximum absolute atomic E-state index is 14.3. The van der Waals surface area contributed by atoms with E-state index in [1.165, 1.54) is 6.07 Å². The second-order valence-corrected chi connectivity index (χ2v) is 6.33. The van der Waals surface area contributed by atoms with Crippen LogP contribution in [-0.2, 0) is 4.79 Å². The first kappa shape index (κ1) is 18.5. The lowest BCUT2D eigenvalue weighted by atomic mass is 9.99. The van der Waals surface area contributed by atoms with Gasteiger partial charge in [0.1, 0.15) is 12.4 Å². The van der Waals surface area contributed by atoms with Crippen molar-refractivity contribution in [2.45, 2.75) is 6.92 Å². The minimum Gasteiger partial charge on any atom is -0.314 e. The molecule has 0 atom stereocenters. The highest BCUT2D eigenvalue weighted by atomic mass is 35.5. The molecule has 0 fully saturated rings. The van der Waals surface area contributed by atoms with E-state index in [0.717, 1.165) is 5.06 Å².